The Morgan fingerprint density at radius 1 is 1.25 bits per heavy atom. The molecule has 0 amide bonds. The Kier molecular flexibility index (Phi) is 2.07. The summed E-state index contributed by atoms with van der Waals surface area (Å²) in [6.45, 7) is 2.09. The Labute approximate surface area is 98.2 Å². The molecule has 1 aromatic carbocycles. The van der Waals surface area contributed by atoms with Crippen LogP contribution in [0.5, 0.6) is 0 Å². The summed E-state index contributed by atoms with van der Waals surface area (Å²) in [5.74, 6) is 0. The largest absolute Gasteiger partial charge is 0.342 e. The maximum absolute atomic E-state index is 4.44. The second kappa shape index (κ2) is 3.46. The van der Waals surface area contributed by atoms with Crippen LogP contribution in [0.25, 0.3) is 21.6 Å². The van der Waals surface area contributed by atoms with Crippen molar-refractivity contribution < 1.29 is 0 Å². The van der Waals surface area contributed by atoms with Gasteiger partial charge in [0.05, 0.1) is 5.69 Å². The predicted octanol–water partition coefficient (Wildman–Crippen LogP) is 3.61. The van der Waals surface area contributed by atoms with E-state index in [-0.39, 0.29) is 0 Å². The van der Waals surface area contributed by atoms with Crippen LogP contribution in [0.4, 0.5) is 0 Å². The Morgan fingerprint density at radius 3 is 2.75 bits per heavy atom. The molecule has 2 heterocycles. The van der Waals surface area contributed by atoms with Crippen LogP contribution in [0.2, 0.25) is 0 Å². The molecular formula is C13H12N2S. The van der Waals surface area contributed by atoms with Crippen molar-refractivity contribution in [2.45, 2.75) is 6.92 Å². The number of aromatic nitrogens is 2. The van der Waals surface area contributed by atoms with Crippen molar-refractivity contribution in [3.05, 3.63) is 41.4 Å². The third-order valence-corrected chi connectivity index (χ3v) is 3.73. The van der Waals surface area contributed by atoms with Crippen molar-refractivity contribution in [3.8, 4) is 10.7 Å². The van der Waals surface area contributed by atoms with Crippen molar-refractivity contribution in [3.63, 3.8) is 0 Å². The molecule has 80 valence electrons. The normalized spacial score (nSPS) is 11.1. The molecule has 0 aliphatic heterocycles. The number of benzene rings is 1. The van der Waals surface area contributed by atoms with Crippen LogP contribution >= 0.6 is 11.3 Å². The monoisotopic (exact) mass is 228 g/mol. The van der Waals surface area contributed by atoms with E-state index >= 15 is 0 Å². The SMILES string of the molecule is Cc1cnc(-c2cc3ccccc3n2C)s1. The molecule has 3 rings (SSSR count). The maximum Gasteiger partial charge on any atom is 0.140 e. The first-order valence-corrected chi connectivity index (χ1v) is 6.04. The van der Waals surface area contributed by atoms with E-state index in [1.807, 2.05) is 6.20 Å². The summed E-state index contributed by atoms with van der Waals surface area (Å²) in [6, 6.07) is 10.6. The minimum atomic E-state index is 1.09. The van der Waals surface area contributed by atoms with Gasteiger partial charge in [0.2, 0.25) is 0 Å². The predicted molar refractivity (Wildman–Crippen MR) is 68.8 cm³/mol. The molecule has 0 spiro atoms. The standard InChI is InChI=1S/C13H12N2S/c1-9-8-14-13(16-9)12-7-10-5-3-4-6-11(10)15(12)2/h3-8H,1-2H3. The quantitative estimate of drug-likeness (QED) is 0.622. The minimum Gasteiger partial charge on any atom is -0.342 e. The highest BCUT2D eigenvalue weighted by molar-refractivity contribution is 7.14. The molecule has 0 fully saturated rings. The smallest absolute Gasteiger partial charge is 0.140 e. The van der Waals surface area contributed by atoms with Gasteiger partial charge in [-0.1, -0.05) is 18.2 Å². The van der Waals surface area contributed by atoms with E-state index in [0.29, 0.717) is 0 Å². The molecular weight excluding hydrogens is 216 g/mol. The fourth-order valence-electron chi connectivity index (χ4n) is 1.97. The van der Waals surface area contributed by atoms with Gasteiger partial charge in [0, 0.05) is 29.0 Å². The summed E-state index contributed by atoms with van der Waals surface area (Å²) < 4.78 is 2.20. The van der Waals surface area contributed by atoms with Gasteiger partial charge in [0.1, 0.15) is 5.01 Å². The van der Waals surface area contributed by atoms with E-state index in [9.17, 15) is 0 Å². The highest BCUT2D eigenvalue weighted by Crippen LogP contribution is 2.29. The molecule has 3 heteroatoms. The first-order valence-electron chi connectivity index (χ1n) is 5.23. The maximum atomic E-state index is 4.44. The van der Waals surface area contributed by atoms with E-state index in [4.69, 9.17) is 0 Å². The molecule has 0 radical (unpaired) electrons. The number of hydrogen-bond acceptors (Lipinski definition) is 2. The molecule has 0 unspecified atom stereocenters. The van der Waals surface area contributed by atoms with E-state index in [2.05, 4.69) is 53.9 Å². The second-order valence-corrected chi connectivity index (χ2v) is 5.16. The van der Waals surface area contributed by atoms with Gasteiger partial charge in [-0.05, 0) is 19.1 Å². The molecule has 2 aromatic heterocycles. The Morgan fingerprint density at radius 2 is 2.06 bits per heavy atom. The average molecular weight is 228 g/mol. The van der Waals surface area contributed by atoms with Gasteiger partial charge in [-0.3, -0.25) is 0 Å². The summed E-state index contributed by atoms with van der Waals surface area (Å²) in [5, 5.41) is 2.36. The number of hydrogen-bond donors (Lipinski definition) is 0. The van der Waals surface area contributed by atoms with Gasteiger partial charge >= 0.3 is 0 Å². The highest BCUT2D eigenvalue weighted by Gasteiger charge is 2.09. The zero-order chi connectivity index (χ0) is 11.1. The van der Waals surface area contributed by atoms with Crippen LogP contribution in [-0.4, -0.2) is 9.55 Å². The fraction of sp³-hybridized carbons (Fsp3) is 0.154. The number of fused-ring (bicyclic) bond motifs is 1. The summed E-state index contributed by atoms with van der Waals surface area (Å²) in [4.78, 5) is 5.69. The lowest BCUT2D eigenvalue weighted by atomic mass is 10.2. The van der Waals surface area contributed by atoms with Crippen LogP contribution in [-0.2, 0) is 7.05 Å². The first-order chi connectivity index (χ1) is 7.75. The van der Waals surface area contributed by atoms with E-state index in [1.54, 1.807) is 11.3 Å². The molecule has 0 bridgehead atoms. The number of thiazole rings is 1. The molecule has 0 atom stereocenters. The van der Waals surface area contributed by atoms with E-state index in [0.717, 1.165) is 5.01 Å². The highest BCUT2D eigenvalue weighted by atomic mass is 32.1. The number of nitrogens with zero attached hydrogens (tertiary/aromatic N) is 2. The fourth-order valence-corrected chi connectivity index (χ4v) is 2.78. The van der Waals surface area contributed by atoms with Gasteiger partial charge in [-0.25, -0.2) is 4.98 Å². The molecule has 0 N–H and O–H groups in total. The van der Waals surface area contributed by atoms with Crippen molar-refractivity contribution in [2.75, 3.05) is 0 Å². The van der Waals surface area contributed by atoms with Crippen LogP contribution in [0.15, 0.2) is 36.5 Å². The second-order valence-electron chi connectivity index (χ2n) is 3.92. The van der Waals surface area contributed by atoms with Gasteiger partial charge in [-0.15, -0.1) is 11.3 Å². The summed E-state index contributed by atoms with van der Waals surface area (Å²) in [6.07, 6.45) is 1.93. The Hall–Kier alpha value is -1.61. The van der Waals surface area contributed by atoms with Crippen LogP contribution < -0.4 is 0 Å². The minimum absolute atomic E-state index is 1.09. The Balaban J connectivity index is 2.28. The van der Waals surface area contributed by atoms with Crippen LogP contribution in [0, 0.1) is 6.92 Å². The number of para-hydroxylation sites is 1. The van der Waals surface area contributed by atoms with Gasteiger partial charge < -0.3 is 4.57 Å². The van der Waals surface area contributed by atoms with Crippen molar-refractivity contribution in [1.82, 2.24) is 9.55 Å². The van der Waals surface area contributed by atoms with Gasteiger partial charge in [-0.2, -0.15) is 0 Å². The van der Waals surface area contributed by atoms with Gasteiger partial charge in [0.25, 0.3) is 0 Å². The summed E-state index contributed by atoms with van der Waals surface area (Å²) in [5.41, 5.74) is 2.45. The number of aryl methyl sites for hydroxylation is 2. The zero-order valence-corrected chi connectivity index (χ0v) is 10.1. The molecule has 0 aliphatic rings. The lowest BCUT2D eigenvalue weighted by molar-refractivity contribution is 0.976. The van der Waals surface area contributed by atoms with Crippen molar-refractivity contribution in [1.29, 1.82) is 0 Å². The van der Waals surface area contributed by atoms with Gasteiger partial charge in [0.15, 0.2) is 0 Å². The average Bonchev–Trinajstić information content (AvgIpc) is 2.84. The first kappa shape index (κ1) is 9.60. The summed E-state index contributed by atoms with van der Waals surface area (Å²) >= 11 is 1.74. The van der Waals surface area contributed by atoms with E-state index in [1.165, 1.54) is 21.5 Å². The zero-order valence-electron chi connectivity index (χ0n) is 9.27. The molecule has 2 nitrogen and oxygen atoms in total. The van der Waals surface area contributed by atoms with E-state index < -0.39 is 0 Å². The third kappa shape index (κ3) is 1.36. The molecule has 0 saturated heterocycles. The number of rotatable bonds is 1. The van der Waals surface area contributed by atoms with Crippen molar-refractivity contribution >= 4 is 22.2 Å². The Bertz CT molecular complexity index is 649. The van der Waals surface area contributed by atoms with Crippen molar-refractivity contribution in [2.24, 2.45) is 7.05 Å². The third-order valence-electron chi connectivity index (χ3n) is 2.79. The summed E-state index contributed by atoms with van der Waals surface area (Å²) in [7, 11) is 2.09. The molecule has 0 saturated carbocycles. The van der Waals surface area contributed by atoms with Crippen LogP contribution in [0.1, 0.15) is 4.88 Å². The lowest BCUT2D eigenvalue weighted by Gasteiger charge is -1.99. The molecule has 0 aliphatic carbocycles. The topological polar surface area (TPSA) is 17.8 Å². The van der Waals surface area contributed by atoms with Crippen LogP contribution in [0.3, 0.4) is 0 Å². The molecule has 3 aromatic rings. The molecule has 16 heavy (non-hydrogen) atoms. The lowest BCUT2D eigenvalue weighted by Crippen LogP contribution is -1.89.